The fourth-order valence-electron chi connectivity index (χ4n) is 1.82. The van der Waals surface area contributed by atoms with Crippen LogP contribution in [0.4, 0.5) is 0 Å². The van der Waals surface area contributed by atoms with Gasteiger partial charge in [0.05, 0.1) is 0 Å². The zero-order chi connectivity index (χ0) is 11.1. The van der Waals surface area contributed by atoms with Gasteiger partial charge in [0.2, 0.25) is 0 Å². The standard InChI is InChI=1S/C15H19/c1-4-7-13-9-11-15(12-10-13)14(6-3)8-5-2/h9-12,14H,4-5,7-8H2,1-2H3. The van der Waals surface area contributed by atoms with Gasteiger partial charge in [-0.2, -0.15) is 0 Å². The van der Waals surface area contributed by atoms with E-state index in [2.05, 4.69) is 44.0 Å². The van der Waals surface area contributed by atoms with Crippen LogP contribution in [-0.2, 0) is 6.42 Å². The molecular formula is C15H19. The molecule has 79 valence electrons. The van der Waals surface area contributed by atoms with Gasteiger partial charge in [-0.05, 0) is 30.4 Å². The first kappa shape index (κ1) is 11.9. The minimum absolute atomic E-state index is 0.186. The molecule has 0 saturated heterocycles. The highest BCUT2D eigenvalue weighted by atomic mass is 14.1. The Morgan fingerprint density at radius 1 is 1.13 bits per heavy atom. The Balaban J connectivity index is 2.74. The SMILES string of the molecule is [C]#CC(CCC)c1ccc(CCC)cc1. The predicted octanol–water partition coefficient (Wildman–Crippen LogP) is 4.11. The fourth-order valence-corrected chi connectivity index (χ4v) is 1.82. The van der Waals surface area contributed by atoms with Crippen LogP contribution in [0.2, 0.25) is 0 Å². The summed E-state index contributed by atoms with van der Waals surface area (Å²) in [6.45, 7) is 4.34. The number of hydrogen-bond acceptors (Lipinski definition) is 0. The average Bonchev–Trinajstić information content (AvgIpc) is 2.28. The molecule has 0 aliphatic heterocycles. The Hall–Kier alpha value is -1.22. The average molecular weight is 199 g/mol. The zero-order valence-corrected chi connectivity index (χ0v) is 9.72. The molecule has 0 spiro atoms. The Bertz CT molecular complexity index is 313. The number of rotatable bonds is 5. The van der Waals surface area contributed by atoms with Crippen LogP contribution >= 0.6 is 0 Å². The highest BCUT2D eigenvalue weighted by Gasteiger charge is 2.06. The van der Waals surface area contributed by atoms with Crippen LogP contribution in [-0.4, -0.2) is 0 Å². The summed E-state index contributed by atoms with van der Waals surface area (Å²) < 4.78 is 0. The molecule has 0 saturated carbocycles. The molecule has 0 aliphatic rings. The van der Waals surface area contributed by atoms with Crippen LogP contribution in [0.5, 0.6) is 0 Å². The Labute approximate surface area is 93.7 Å². The highest BCUT2D eigenvalue weighted by molar-refractivity contribution is 5.29. The van der Waals surface area contributed by atoms with Crippen molar-refractivity contribution < 1.29 is 0 Å². The molecule has 0 nitrogen and oxygen atoms in total. The van der Waals surface area contributed by atoms with Gasteiger partial charge in [0.25, 0.3) is 0 Å². The van der Waals surface area contributed by atoms with E-state index in [1.54, 1.807) is 0 Å². The van der Waals surface area contributed by atoms with Crippen molar-refractivity contribution in [3.63, 3.8) is 0 Å². The van der Waals surface area contributed by atoms with Crippen molar-refractivity contribution >= 4 is 0 Å². The number of aryl methyl sites for hydroxylation is 1. The molecule has 0 heterocycles. The lowest BCUT2D eigenvalue weighted by molar-refractivity contribution is 0.733. The summed E-state index contributed by atoms with van der Waals surface area (Å²) in [7, 11) is 0. The second-order valence-electron chi connectivity index (χ2n) is 3.98. The minimum atomic E-state index is 0.186. The summed E-state index contributed by atoms with van der Waals surface area (Å²) >= 11 is 0. The normalized spacial score (nSPS) is 12.1. The van der Waals surface area contributed by atoms with E-state index in [9.17, 15) is 0 Å². The summed E-state index contributed by atoms with van der Waals surface area (Å²) in [6, 6.07) is 8.65. The fraction of sp³-hybridized carbons (Fsp3) is 0.467. The van der Waals surface area contributed by atoms with Crippen LogP contribution in [0.1, 0.15) is 50.2 Å². The first-order valence-corrected chi connectivity index (χ1v) is 5.82. The lowest BCUT2D eigenvalue weighted by Crippen LogP contribution is -1.95. The summed E-state index contributed by atoms with van der Waals surface area (Å²) in [4.78, 5) is 0. The number of hydrogen-bond donors (Lipinski definition) is 0. The van der Waals surface area contributed by atoms with Gasteiger partial charge < -0.3 is 0 Å². The van der Waals surface area contributed by atoms with Crippen molar-refractivity contribution in [1.29, 1.82) is 0 Å². The maximum atomic E-state index is 7.29. The van der Waals surface area contributed by atoms with Gasteiger partial charge in [-0.3, -0.25) is 0 Å². The molecule has 0 aliphatic carbocycles. The van der Waals surface area contributed by atoms with Gasteiger partial charge in [0, 0.05) is 5.92 Å². The second kappa shape index (κ2) is 6.30. The van der Waals surface area contributed by atoms with E-state index in [0.29, 0.717) is 0 Å². The van der Waals surface area contributed by atoms with Crippen LogP contribution in [0.25, 0.3) is 0 Å². The van der Waals surface area contributed by atoms with Crippen molar-refractivity contribution in [3.05, 3.63) is 41.8 Å². The van der Waals surface area contributed by atoms with Gasteiger partial charge in [-0.1, -0.05) is 56.9 Å². The first-order chi connectivity index (χ1) is 7.31. The van der Waals surface area contributed by atoms with Crippen molar-refractivity contribution in [2.45, 2.75) is 45.4 Å². The second-order valence-corrected chi connectivity index (χ2v) is 3.98. The van der Waals surface area contributed by atoms with Crippen molar-refractivity contribution in [3.8, 4) is 5.92 Å². The summed E-state index contributed by atoms with van der Waals surface area (Å²) in [5, 5.41) is 0. The van der Waals surface area contributed by atoms with Crippen LogP contribution < -0.4 is 0 Å². The smallest absolute Gasteiger partial charge is 0.0462 e. The van der Waals surface area contributed by atoms with Crippen LogP contribution in [0, 0.1) is 12.3 Å². The molecule has 15 heavy (non-hydrogen) atoms. The molecule has 1 radical (unpaired) electrons. The van der Waals surface area contributed by atoms with Crippen LogP contribution in [0.15, 0.2) is 24.3 Å². The molecule has 1 aromatic rings. The summed E-state index contributed by atoms with van der Waals surface area (Å²) in [5.41, 5.74) is 2.62. The van der Waals surface area contributed by atoms with E-state index < -0.39 is 0 Å². The molecule has 1 unspecified atom stereocenters. The van der Waals surface area contributed by atoms with Gasteiger partial charge >= 0.3 is 0 Å². The maximum absolute atomic E-state index is 7.29. The number of benzene rings is 1. The Morgan fingerprint density at radius 3 is 2.27 bits per heavy atom. The molecule has 0 amide bonds. The molecule has 0 bridgehead atoms. The van der Waals surface area contributed by atoms with Crippen molar-refractivity contribution in [2.24, 2.45) is 0 Å². The highest BCUT2D eigenvalue weighted by Crippen LogP contribution is 2.21. The van der Waals surface area contributed by atoms with Crippen molar-refractivity contribution in [1.82, 2.24) is 0 Å². The van der Waals surface area contributed by atoms with Gasteiger partial charge in [0.1, 0.15) is 0 Å². The third-order valence-electron chi connectivity index (χ3n) is 2.67. The van der Waals surface area contributed by atoms with Crippen molar-refractivity contribution in [2.75, 3.05) is 0 Å². The Morgan fingerprint density at radius 2 is 1.80 bits per heavy atom. The minimum Gasteiger partial charge on any atom is -0.0809 e. The van der Waals surface area contributed by atoms with Crippen LogP contribution in [0.3, 0.4) is 0 Å². The van der Waals surface area contributed by atoms with E-state index in [0.717, 1.165) is 19.3 Å². The van der Waals surface area contributed by atoms with E-state index >= 15 is 0 Å². The van der Waals surface area contributed by atoms with E-state index in [4.69, 9.17) is 6.42 Å². The Kier molecular flexibility index (Phi) is 4.98. The summed E-state index contributed by atoms with van der Waals surface area (Å²) in [5.74, 6) is 2.81. The van der Waals surface area contributed by atoms with E-state index in [1.807, 2.05) is 0 Å². The molecule has 0 fully saturated rings. The molecular weight excluding hydrogens is 180 g/mol. The van der Waals surface area contributed by atoms with Gasteiger partial charge in [-0.15, -0.1) is 0 Å². The zero-order valence-electron chi connectivity index (χ0n) is 9.72. The molecule has 1 aromatic carbocycles. The third-order valence-corrected chi connectivity index (χ3v) is 2.67. The van der Waals surface area contributed by atoms with Gasteiger partial charge in [-0.25, -0.2) is 0 Å². The first-order valence-electron chi connectivity index (χ1n) is 5.82. The molecule has 1 atom stereocenters. The molecule has 0 aromatic heterocycles. The lowest BCUT2D eigenvalue weighted by atomic mass is 9.94. The largest absolute Gasteiger partial charge is 0.0809 e. The lowest BCUT2D eigenvalue weighted by Gasteiger charge is -2.10. The third kappa shape index (κ3) is 3.44. The quantitative estimate of drug-likeness (QED) is 0.626. The van der Waals surface area contributed by atoms with Gasteiger partial charge in [0.15, 0.2) is 0 Å². The summed E-state index contributed by atoms with van der Waals surface area (Å²) in [6.07, 6.45) is 11.7. The monoisotopic (exact) mass is 199 g/mol. The molecule has 1 rings (SSSR count). The predicted molar refractivity (Wildman–Crippen MR) is 65.2 cm³/mol. The molecule has 0 N–H and O–H groups in total. The molecule has 0 heteroatoms. The van der Waals surface area contributed by atoms with E-state index in [1.165, 1.54) is 17.5 Å². The topological polar surface area (TPSA) is 0 Å². The maximum Gasteiger partial charge on any atom is 0.0462 e. The van der Waals surface area contributed by atoms with E-state index in [-0.39, 0.29) is 5.92 Å².